The lowest BCUT2D eigenvalue weighted by Gasteiger charge is -2.31. The van der Waals surface area contributed by atoms with Crippen molar-refractivity contribution in [2.45, 2.75) is 26.3 Å². The predicted molar refractivity (Wildman–Crippen MR) is 98.7 cm³/mol. The van der Waals surface area contributed by atoms with Gasteiger partial charge in [-0.25, -0.2) is 4.98 Å². The minimum Gasteiger partial charge on any atom is -0.310 e. The molecule has 1 aromatic heterocycles. The molecule has 0 spiro atoms. The van der Waals surface area contributed by atoms with Gasteiger partial charge in [-0.1, -0.05) is 18.2 Å². The van der Waals surface area contributed by atoms with E-state index in [1.807, 2.05) is 18.2 Å². The Morgan fingerprint density at radius 3 is 2.69 bits per heavy atom. The van der Waals surface area contributed by atoms with Crippen molar-refractivity contribution < 1.29 is 9.72 Å². The maximum atomic E-state index is 12.4. The van der Waals surface area contributed by atoms with Crippen molar-refractivity contribution in [3.05, 3.63) is 63.8 Å². The summed E-state index contributed by atoms with van der Waals surface area (Å²) in [6.07, 6.45) is 3.19. The van der Waals surface area contributed by atoms with Crippen LogP contribution in [-0.2, 0) is 11.3 Å². The maximum absolute atomic E-state index is 12.4. The number of nitro benzene ring substituents is 1. The second-order valence-electron chi connectivity index (χ2n) is 6.57. The Morgan fingerprint density at radius 2 is 2.04 bits per heavy atom. The van der Waals surface area contributed by atoms with E-state index in [2.05, 4.69) is 15.2 Å². The number of likely N-dealkylation sites (tertiary alicyclic amines) is 1. The molecule has 7 nitrogen and oxygen atoms in total. The molecule has 1 fully saturated rings. The average molecular weight is 354 g/mol. The fraction of sp³-hybridized carbons (Fsp3) is 0.368. The predicted octanol–water partition coefficient (Wildman–Crippen LogP) is 3.15. The van der Waals surface area contributed by atoms with E-state index in [4.69, 9.17) is 0 Å². The molecule has 0 atom stereocenters. The van der Waals surface area contributed by atoms with Gasteiger partial charge in [0.05, 0.1) is 4.92 Å². The van der Waals surface area contributed by atoms with Crippen LogP contribution in [-0.4, -0.2) is 33.8 Å². The Kier molecular flexibility index (Phi) is 5.58. The van der Waals surface area contributed by atoms with Crippen LogP contribution in [0.1, 0.15) is 24.0 Å². The van der Waals surface area contributed by atoms with Crippen LogP contribution in [0.5, 0.6) is 0 Å². The molecule has 26 heavy (non-hydrogen) atoms. The Morgan fingerprint density at radius 1 is 1.27 bits per heavy atom. The van der Waals surface area contributed by atoms with Gasteiger partial charge < -0.3 is 5.32 Å². The number of nitrogens with zero attached hydrogens (tertiary/aromatic N) is 3. The summed E-state index contributed by atoms with van der Waals surface area (Å²) >= 11 is 0. The number of piperidine rings is 1. The second kappa shape index (κ2) is 8.05. The first kappa shape index (κ1) is 18.0. The summed E-state index contributed by atoms with van der Waals surface area (Å²) < 4.78 is 0. The van der Waals surface area contributed by atoms with E-state index < -0.39 is 0 Å². The number of hydrogen-bond acceptors (Lipinski definition) is 5. The topological polar surface area (TPSA) is 88.4 Å². The van der Waals surface area contributed by atoms with Crippen molar-refractivity contribution in [3.8, 4) is 0 Å². The first-order valence-electron chi connectivity index (χ1n) is 8.71. The Balaban J connectivity index is 1.55. The number of rotatable bonds is 5. The Labute approximate surface area is 152 Å². The second-order valence-corrected chi connectivity index (χ2v) is 6.57. The van der Waals surface area contributed by atoms with E-state index in [1.165, 1.54) is 6.07 Å². The van der Waals surface area contributed by atoms with Gasteiger partial charge in [-0.2, -0.15) is 0 Å². The SMILES string of the molecule is Cc1c(CN2CCC(C(=O)Nc3ccccn3)CC2)cccc1[N+](=O)[O-]. The molecule has 0 saturated carbocycles. The summed E-state index contributed by atoms with van der Waals surface area (Å²) in [6.45, 7) is 4.05. The highest BCUT2D eigenvalue weighted by Crippen LogP contribution is 2.25. The van der Waals surface area contributed by atoms with Crippen molar-refractivity contribution in [2.24, 2.45) is 5.92 Å². The number of carbonyl (C=O) groups is 1. The van der Waals surface area contributed by atoms with Crippen LogP contribution >= 0.6 is 0 Å². The molecule has 1 amide bonds. The summed E-state index contributed by atoms with van der Waals surface area (Å²) in [5.74, 6) is 0.557. The Bertz CT molecular complexity index is 787. The van der Waals surface area contributed by atoms with Gasteiger partial charge in [-0.3, -0.25) is 19.8 Å². The lowest BCUT2D eigenvalue weighted by atomic mass is 9.95. The third-order valence-corrected chi connectivity index (χ3v) is 4.88. The van der Waals surface area contributed by atoms with Crippen molar-refractivity contribution in [1.82, 2.24) is 9.88 Å². The zero-order chi connectivity index (χ0) is 18.5. The molecule has 2 aromatic rings. The van der Waals surface area contributed by atoms with Crippen LogP contribution in [0.3, 0.4) is 0 Å². The van der Waals surface area contributed by atoms with Crippen LogP contribution in [0.2, 0.25) is 0 Å². The highest BCUT2D eigenvalue weighted by Gasteiger charge is 2.26. The minimum absolute atomic E-state index is 0.00915. The zero-order valence-electron chi connectivity index (χ0n) is 14.7. The summed E-state index contributed by atoms with van der Waals surface area (Å²) in [4.78, 5) is 29.5. The van der Waals surface area contributed by atoms with E-state index in [-0.39, 0.29) is 22.4 Å². The van der Waals surface area contributed by atoms with Crippen LogP contribution in [0.4, 0.5) is 11.5 Å². The normalized spacial score (nSPS) is 15.6. The van der Waals surface area contributed by atoms with Crippen molar-refractivity contribution in [3.63, 3.8) is 0 Å². The van der Waals surface area contributed by atoms with Crippen molar-refractivity contribution in [2.75, 3.05) is 18.4 Å². The van der Waals surface area contributed by atoms with Crippen LogP contribution in [0.25, 0.3) is 0 Å². The lowest BCUT2D eigenvalue weighted by molar-refractivity contribution is -0.385. The molecule has 1 aliphatic heterocycles. The molecule has 0 bridgehead atoms. The van der Waals surface area contributed by atoms with E-state index in [0.29, 0.717) is 17.9 Å². The smallest absolute Gasteiger partial charge is 0.272 e. The first-order chi connectivity index (χ1) is 12.5. The van der Waals surface area contributed by atoms with Crippen molar-refractivity contribution >= 4 is 17.4 Å². The van der Waals surface area contributed by atoms with E-state index in [1.54, 1.807) is 25.3 Å². The molecular weight excluding hydrogens is 332 g/mol. The highest BCUT2D eigenvalue weighted by atomic mass is 16.6. The zero-order valence-corrected chi connectivity index (χ0v) is 14.7. The van der Waals surface area contributed by atoms with Gasteiger partial charge in [0, 0.05) is 30.3 Å². The number of nitro groups is 1. The quantitative estimate of drug-likeness (QED) is 0.658. The molecular formula is C19H22N4O3. The van der Waals surface area contributed by atoms with Gasteiger partial charge >= 0.3 is 0 Å². The maximum Gasteiger partial charge on any atom is 0.272 e. The van der Waals surface area contributed by atoms with Gasteiger partial charge in [0.2, 0.25) is 5.91 Å². The lowest BCUT2D eigenvalue weighted by Crippen LogP contribution is -2.38. The van der Waals surface area contributed by atoms with Gasteiger partial charge in [-0.05, 0) is 50.6 Å². The van der Waals surface area contributed by atoms with Gasteiger partial charge in [-0.15, -0.1) is 0 Å². The van der Waals surface area contributed by atoms with Gasteiger partial charge in [0.1, 0.15) is 5.82 Å². The molecule has 0 aliphatic carbocycles. The number of benzene rings is 1. The van der Waals surface area contributed by atoms with Crippen LogP contribution < -0.4 is 5.32 Å². The number of hydrogen-bond donors (Lipinski definition) is 1. The largest absolute Gasteiger partial charge is 0.310 e. The number of nitrogens with one attached hydrogen (secondary N) is 1. The van der Waals surface area contributed by atoms with Gasteiger partial charge in [0.25, 0.3) is 5.69 Å². The molecule has 136 valence electrons. The van der Waals surface area contributed by atoms with E-state index >= 15 is 0 Å². The third kappa shape index (κ3) is 4.23. The van der Waals surface area contributed by atoms with Crippen LogP contribution in [0, 0.1) is 23.0 Å². The number of amides is 1. The number of aromatic nitrogens is 1. The summed E-state index contributed by atoms with van der Waals surface area (Å²) in [5, 5.41) is 13.9. The van der Waals surface area contributed by atoms with Crippen molar-refractivity contribution in [1.29, 1.82) is 0 Å². The third-order valence-electron chi connectivity index (χ3n) is 4.88. The molecule has 1 aromatic carbocycles. The summed E-state index contributed by atoms with van der Waals surface area (Å²) in [6, 6.07) is 10.6. The molecule has 1 N–H and O–H groups in total. The summed E-state index contributed by atoms with van der Waals surface area (Å²) in [7, 11) is 0. The first-order valence-corrected chi connectivity index (χ1v) is 8.71. The molecule has 3 rings (SSSR count). The molecule has 1 aliphatic rings. The molecule has 1 saturated heterocycles. The summed E-state index contributed by atoms with van der Waals surface area (Å²) in [5.41, 5.74) is 1.84. The standard InChI is InChI=1S/C19H22N4O3/c1-14-16(5-4-6-17(14)23(25)26)13-22-11-8-15(9-12-22)19(24)21-18-7-2-3-10-20-18/h2-7,10,15H,8-9,11-13H2,1H3,(H,20,21,24). The highest BCUT2D eigenvalue weighted by molar-refractivity contribution is 5.91. The van der Waals surface area contributed by atoms with Crippen LogP contribution in [0.15, 0.2) is 42.6 Å². The number of carbonyl (C=O) groups excluding carboxylic acids is 1. The number of pyridine rings is 1. The molecule has 0 unspecified atom stereocenters. The fourth-order valence-electron chi connectivity index (χ4n) is 3.30. The molecule has 7 heteroatoms. The molecule has 0 radical (unpaired) electrons. The van der Waals surface area contributed by atoms with E-state index in [9.17, 15) is 14.9 Å². The fourth-order valence-corrected chi connectivity index (χ4v) is 3.30. The monoisotopic (exact) mass is 354 g/mol. The number of anilines is 1. The molecule has 2 heterocycles. The van der Waals surface area contributed by atoms with E-state index in [0.717, 1.165) is 31.5 Å². The minimum atomic E-state index is -0.340. The van der Waals surface area contributed by atoms with Gasteiger partial charge in [0.15, 0.2) is 0 Å². The average Bonchev–Trinajstić information content (AvgIpc) is 2.64. The Hall–Kier alpha value is -2.80.